The van der Waals surface area contributed by atoms with Crippen LogP contribution in [0.25, 0.3) is 0 Å². The third-order valence-corrected chi connectivity index (χ3v) is 3.27. The summed E-state index contributed by atoms with van der Waals surface area (Å²) in [5.74, 6) is 4.45. The molecule has 1 aliphatic heterocycles. The first-order valence-electron chi connectivity index (χ1n) is 8.58. The molecule has 4 N–H and O–H groups in total. The molecule has 0 aromatic rings. The molecule has 27 heavy (non-hydrogen) atoms. The summed E-state index contributed by atoms with van der Waals surface area (Å²) in [6, 6.07) is 0. The number of alkyl carbamates (subject to hydrolysis) is 2. The van der Waals surface area contributed by atoms with Crippen molar-refractivity contribution >= 4 is 30.1 Å². The highest BCUT2D eigenvalue weighted by molar-refractivity contribution is 6.07. The fourth-order valence-electron chi connectivity index (χ4n) is 1.78. The van der Waals surface area contributed by atoms with Gasteiger partial charge in [0, 0.05) is 0 Å². The van der Waals surface area contributed by atoms with Crippen molar-refractivity contribution in [2.24, 2.45) is 15.8 Å². The number of hydrogen-bond donors (Lipinski definition) is 3. The van der Waals surface area contributed by atoms with Gasteiger partial charge in [-0.2, -0.15) is 4.99 Å². The van der Waals surface area contributed by atoms with Crippen molar-refractivity contribution in [2.45, 2.75) is 45.7 Å². The predicted molar refractivity (Wildman–Crippen MR) is 95.5 cm³/mol. The number of nitrogens with zero attached hydrogens (tertiary/aromatic N) is 3. The Bertz CT molecular complexity index is 593. The van der Waals surface area contributed by atoms with Gasteiger partial charge in [0.15, 0.2) is 0 Å². The number of hydrazine groups is 1. The number of nitrogens with one attached hydrogen (secondary N) is 2. The van der Waals surface area contributed by atoms with Crippen LogP contribution in [0.15, 0.2) is 9.98 Å². The lowest BCUT2D eigenvalue weighted by molar-refractivity contribution is -0.145. The number of ether oxygens (including phenoxy) is 3. The fourth-order valence-corrected chi connectivity index (χ4v) is 1.78. The Labute approximate surface area is 157 Å². The van der Waals surface area contributed by atoms with E-state index in [1.165, 1.54) is 0 Å². The van der Waals surface area contributed by atoms with Crippen LogP contribution in [0.3, 0.4) is 0 Å². The molecule has 0 saturated heterocycles. The predicted octanol–water partition coefficient (Wildman–Crippen LogP) is 0.439. The van der Waals surface area contributed by atoms with Crippen LogP contribution in [0.5, 0.6) is 0 Å². The van der Waals surface area contributed by atoms with Crippen LogP contribution in [0, 0.1) is 0 Å². The molecule has 1 aliphatic rings. The number of rotatable bonds is 7. The van der Waals surface area contributed by atoms with Crippen LogP contribution >= 0.6 is 0 Å². The van der Waals surface area contributed by atoms with Crippen LogP contribution < -0.4 is 16.5 Å². The van der Waals surface area contributed by atoms with E-state index in [1.807, 2.05) is 13.8 Å². The minimum absolute atomic E-state index is 0.212. The number of amides is 2. The summed E-state index contributed by atoms with van der Waals surface area (Å²) in [4.78, 5) is 43.2. The highest BCUT2D eigenvalue weighted by Crippen LogP contribution is 2.06. The van der Waals surface area contributed by atoms with Gasteiger partial charge in [-0.05, 0) is 12.8 Å². The summed E-state index contributed by atoms with van der Waals surface area (Å²) >= 11 is 0. The first kappa shape index (κ1) is 22.2. The van der Waals surface area contributed by atoms with Crippen LogP contribution in [0.1, 0.15) is 39.5 Å². The van der Waals surface area contributed by atoms with E-state index in [0.717, 1.165) is 25.0 Å². The highest BCUT2D eigenvalue weighted by Gasteiger charge is 2.33. The lowest BCUT2D eigenvalue weighted by Crippen LogP contribution is -2.58. The van der Waals surface area contributed by atoms with Crippen LogP contribution in [0.4, 0.5) is 9.59 Å². The monoisotopic (exact) mass is 386 g/mol. The van der Waals surface area contributed by atoms with Gasteiger partial charge in [-0.3, -0.25) is 10.6 Å². The first-order valence-corrected chi connectivity index (χ1v) is 8.58. The summed E-state index contributed by atoms with van der Waals surface area (Å²) in [6.07, 6.45) is 0.119. The standard InChI is InChI=1S/C15H26N6O6/c1-4-6-8-26-14(23)19-12-17-10(11(22)25-3)21(16)13(18-12)20-15(24)27-9-7-5-2/h10H,4-9,16H2,1-3H3,(H2,17,18,19,20,23,24). The highest BCUT2D eigenvalue weighted by atomic mass is 16.6. The molecule has 0 aliphatic carbocycles. The number of unbranched alkanes of at least 4 members (excludes halogenated alkanes) is 2. The van der Waals surface area contributed by atoms with Gasteiger partial charge in [0.2, 0.25) is 18.1 Å². The van der Waals surface area contributed by atoms with Gasteiger partial charge in [0.25, 0.3) is 0 Å². The van der Waals surface area contributed by atoms with Crippen LogP contribution in [0.2, 0.25) is 0 Å². The third-order valence-electron chi connectivity index (χ3n) is 3.27. The topological polar surface area (TPSA) is 157 Å². The largest absolute Gasteiger partial charge is 0.466 e. The van der Waals surface area contributed by atoms with Crippen molar-refractivity contribution in [1.82, 2.24) is 15.6 Å². The van der Waals surface area contributed by atoms with Crippen molar-refractivity contribution in [3.8, 4) is 0 Å². The molecule has 1 heterocycles. The maximum absolute atomic E-state index is 11.9. The van der Waals surface area contributed by atoms with Crippen molar-refractivity contribution in [1.29, 1.82) is 0 Å². The van der Waals surface area contributed by atoms with Crippen molar-refractivity contribution in [3.05, 3.63) is 0 Å². The van der Waals surface area contributed by atoms with Crippen molar-refractivity contribution in [2.75, 3.05) is 20.3 Å². The van der Waals surface area contributed by atoms with E-state index in [2.05, 4.69) is 25.4 Å². The van der Waals surface area contributed by atoms with E-state index >= 15 is 0 Å². The van der Waals surface area contributed by atoms with E-state index in [-0.39, 0.29) is 25.1 Å². The Morgan fingerprint density at radius 3 is 2.15 bits per heavy atom. The van der Waals surface area contributed by atoms with Gasteiger partial charge in [-0.15, -0.1) is 0 Å². The molecule has 1 unspecified atom stereocenters. The number of aliphatic imine (C=N–C) groups is 2. The molecule has 0 fully saturated rings. The molecule has 1 rings (SSSR count). The second kappa shape index (κ2) is 11.7. The number of guanidine groups is 2. The summed E-state index contributed by atoms with van der Waals surface area (Å²) in [6.45, 7) is 4.33. The number of carbonyl (C=O) groups excluding carboxylic acids is 3. The number of methoxy groups -OCH3 is 1. The zero-order chi connectivity index (χ0) is 20.2. The van der Waals surface area contributed by atoms with E-state index < -0.39 is 24.3 Å². The van der Waals surface area contributed by atoms with Gasteiger partial charge in [-0.1, -0.05) is 26.7 Å². The molecule has 0 bridgehead atoms. The molecule has 0 saturated carbocycles. The average Bonchev–Trinajstić information content (AvgIpc) is 2.64. The van der Waals surface area contributed by atoms with Crippen molar-refractivity contribution in [3.63, 3.8) is 0 Å². The second-order valence-electron chi connectivity index (χ2n) is 5.42. The zero-order valence-corrected chi connectivity index (χ0v) is 15.7. The summed E-state index contributed by atoms with van der Waals surface area (Å²) in [7, 11) is 1.15. The van der Waals surface area contributed by atoms with E-state index in [4.69, 9.17) is 15.3 Å². The molecule has 12 nitrogen and oxygen atoms in total. The van der Waals surface area contributed by atoms with Gasteiger partial charge < -0.3 is 14.2 Å². The molecular weight excluding hydrogens is 360 g/mol. The maximum Gasteiger partial charge on any atom is 0.414 e. The Morgan fingerprint density at radius 1 is 1.07 bits per heavy atom. The first-order chi connectivity index (χ1) is 12.9. The Hall–Kier alpha value is -2.89. The smallest absolute Gasteiger partial charge is 0.414 e. The molecule has 0 spiro atoms. The molecule has 152 valence electrons. The Balaban J connectivity index is 2.84. The van der Waals surface area contributed by atoms with Crippen LogP contribution in [-0.2, 0) is 19.0 Å². The van der Waals surface area contributed by atoms with Crippen molar-refractivity contribution < 1.29 is 28.6 Å². The second-order valence-corrected chi connectivity index (χ2v) is 5.42. The summed E-state index contributed by atoms with van der Waals surface area (Å²) in [5.41, 5.74) is 0. The fraction of sp³-hybridized carbons (Fsp3) is 0.667. The molecule has 1 atom stereocenters. The SMILES string of the molecule is CCCCOC(=O)NC1=NC(C(=O)OC)N(N)C(NC(=O)OCCCC)=N1. The molecule has 2 amide bonds. The third kappa shape index (κ3) is 7.48. The molecule has 12 heteroatoms. The van der Waals surface area contributed by atoms with Crippen LogP contribution in [-0.4, -0.2) is 61.6 Å². The van der Waals surface area contributed by atoms with E-state index in [1.54, 1.807) is 0 Å². The van der Waals surface area contributed by atoms with E-state index in [9.17, 15) is 14.4 Å². The lowest BCUT2D eigenvalue weighted by Gasteiger charge is -2.28. The normalized spacial score (nSPS) is 16.0. The lowest BCUT2D eigenvalue weighted by atomic mass is 10.4. The number of carbonyl (C=O) groups is 3. The molecule has 0 aromatic carbocycles. The quantitative estimate of drug-likeness (QED) is 0.246. The summed E-state index contributed by atoms with van der Waals surface area (Å²) < 4.78 is 14.5. The average molecular weight is 386 g/mol. The Morgan fingerprint density at radius 2 is 1.63 bits per heavy atom. The van der Waals surface area contributed by atoms with E-state index in [0.29, 0.717) is 12.8 Å². The number of nitrogens with two attached hydrogens (primary N) is 1. The minimum atomic E-state index is -1.36. The zero-order valence-electron chi connectivity index (χ0n) is 15.7. The number of hydrogen-bond acceptors (Lipinski definition) is 10. The Kier molecular flexibility index (Phi) is 9.58. The van der Waals surface area contributed by atoms with Gasteiger partial charge in [-0.25, -0.2) is 30.2 Å². The van der Waals surface area contributed by atoms with Gasteiger partial charge in [0.05, 0.1) is 20.3 Å². The van der Waals surface area contributed by atoms with Gasteiger partial charge >= 0.3 is 18.2 Å². The minimum Gasteiger partial charge on any atom is -0.466 e. The van der Waals surface area contributed by atoms with Gasteiger partial charge in [0.1, 0.15) is 0 Å². The summed E-state index contributed by atoms with van der Waals surface area (Å²) in [5, 5.41) is 5.38. The molecular formula is C15H26N6O6. The maximum atomic E-state index is 11.9. The number of esters is 1. The molecule has 0 radical (unpaired) electrons. The molecule has 0 aromatic heterocycles.